The average Bonchev–Trinajstić information content (AvgIpc) is 2.37. The average molecular weight is 423 g/mol. The molecule has 118 valence electrons. The highest BCUT2D eigenvalue weighted by Crippen LogP contribution is 2.36. The van der Waals surface area contributed by atoms with Gasteiger partial charge in [0.25, 0.3) is 0 Å². The third-order valence-electron chi connectivity index (χ3n) is 2.80. The molecular weight excluding hydrogens is 402 g/mol. The number of carbonyl (C=O) groups is 1. The molecule has 1 aromatic carbocycles. The van der Waals surface area contributed by atoms with Gasteiger partial charge >= 0.3 is 5.97 Å². The maximum absolute atomic E-state index is 11.8. The molecule has 0 heterocycles. The Morgan fingerprint density at radius 3 is 2.29 bits per heavy atom. The number of rotatable bonds is 7. The van der Waals surface area contributed by atoms with Gasteiger partial charge in [0.15, 0.2) is 6.10 Å². The van der Waals surface area contributed by atoms with Gasteiger partial charge < -0.3 is 15.2 Å². The maximum atomic E-state index is 11.8. The number of ether oxygens (including phenoxy) is 2. The summed E-state index contributed by atoms with van der Waals surface area (Å²) in [6, 6.07) is 4.00. The van der Waals surface area contributed by atoms with E-state index in [1.165, 1.54) is 0 Å². The maximum Gasteiger partial charge on any atom is 0.347 e. The Morgan fingerprint density at radius 1 is 1.29 bits per heavy atom. The minimum atomic E-state index is -0.614. The molecule has 21 heavy (non-hydrogen) atoms. The molecule has 0 aliphatic heterocycles. The van der Waals surface area contributed by atoms with Crippen molar-refractivity contribution in [2.45, 2.75) is 45.8 Å². The smallest absolute Gasteiger partial charge is 0.347 e. The standard InChI is InChI=1S/C15H21Br2NO3/c1-4-13(15(19)20-5-2)21-14-11(16)7-10(6-9(3)18)8-12(14)17/h7-9,13H,4-6,18H2,1-3H3. The van der Waals surface area contributed by atoms with Gasteiger partial charge in [0, 0.05) is 6.04 Å². The number of carbonyl (C=O) groups excluding carboxylic acids is 1. The fourth-order valence-corrected chi connectivity index (χ4v) is 3.36. The molecule has 2 atom stereocenters. The lowest BCUT2D eigenvalue weighted by atomic mass is 10.1. The quantitative estimate of drug-likeness (QED) is 0.678. The van der Waals surface area contributed by atoms with E-state index >= 15 is 0 Å². The van der Waals surface area contributed by atoms with Crippen LogP contribution in [-0.4, -0.2) is 24.7 Å². The lowest BCUT2D eigenvalue weighted by molar-refractivity contribution is -0.151. The summed E-state index contributed by atoms with van der Waals surface area (Å²) in [4.78, 5) is 11.8. The number of nitrogens with two attached hydrogens (primary N) is 1. The summed E-state index contributed by atoms with van der Waals surface area (Å²) in [7, 11) is 0. The SMILES string of the molecule is CCOC(=O)C(CC)Oc1c(Br)cc(CC(C)N)cc1Br. The lowest BCUT2D eigenvalue weighted by Gasteiger charge is -2.19. The number of benzene rings is 1. The van der Waals surface area contributed by atoms with Gasteiger partial charge in [-0.05, 0) is 76.2 Å². The summed E-state index contributed by atoms with van der Waals surface area (Å²) in [6.45, 7) is 5.96. The van der Waals surface area contributed by atoms with E-state index < -0.39 is 6.10 Å². The Hall–Kier alpha value is -0.590. The zero-order chi connectivity index (χ0) is 16.0. The molecule has 1 aromatic rings. The first-order chi connectivity index (χ1) is 9.88. The third kappa shape index (κ3) is 5.60. The van der Waals surface area contributed by atoms with E-state index in [1.54, 1.807) is 6.92 Å². The van der Waals surface area contributed by atoms with Crippen molar-refractivity contribution in [1.29, 1.82) is 0 Å². The first kappa shape index (κ1) is 18.5. The molecule has 0 aliphatic carbocycles. The van der Waals surface area contributed by atoms with Crippen molar-refractivity contribution in [2.75, 3.05) is 6.61 Å². The summed E-state index contributed by atoms with van der Waals surface area (Å²) in [6.07, 6.45) is 0.697. The topological polar surface area (TPSA) is 61.5 Å². The Morgan fingerprint density at radius 2 is 1.86 bits per heavy atom. The fraction of sp³-hybridized carbons (Fsp3) is 0.533. The number of esters is 1. The van der Waals surface area contributed by atoms with Crippen LogP contribution in [0.5, 0.6) is 5.75 Å². The zero-order valence-electron chi connectivity index (χ0n) is 12.5. The van der Waals surface area contributed by atoms with Crippen molar-refractivity contribution in [3.8, 4) is 5.75 Å². The van der Waals surface area contributed by atoms with Crippen LogP contribution in [0.1, 0.15) is 32.8 Å². The summed E-state index contributed by atoms with van der Waals surface area (Å²) in [5.41, 5.74) is 6.91. The molecule has 0 saturated heterocycles. The molecule has 2 unspecified atom stereocenters. The predicted octanol–water partition coefficient (Wildman–Crippen LogP) is 3.82. The van der Waals surface area contributed by atoms with Gasteiger partial charge in [0.2, 0.25) is 0 Å². The normalized spacial score (nSPS) is 13.6. The molecule has 0 spiro atoms. The molecule has 0 radical (unpaired) electrons. The van der Waals surface area contributed by atoms with Crippen molar-refractivity contribution in [1.82, 2.24) is 0 Å². The van der Waals surface area contributed by atoms with Crippen LogP contribution in [0.25, 0.3) is 0 Å². The van der Waals surface area contributed by atoms with E-state index in [0.29, 0.717) is 18.8 Å². The third-order valence-corrected chi connectivity index (χ3v) is 3.97. The minimum Gasteiger partial charge on any atom is -0.476 e. The van der Waals surface area contributed by atoms with Gasteiger partial charge in [0.1, 0.15) is 5.75 Å². The fourth-order valence-electron chi connectivity index (χ4n) is 1.89. The number of hydrogen-bond donors (Lipinski definition) is 1. The summed E-state index contributed by atoms with van der Waals surface area (Å²) < 4.78 is 12.4. The van der Waals surface area contributed by atoms with Gasteiger partial charge in [-0.3, -0.25) is 0 Å². The predicted molar refractivity (Wildman–Crippen MR) is 90.5 cm³/mol. The molecule has 4 nitrogen and oxygen atoms in total. The van der Waals surface area contributed by atoms with Crippen molar-refractivity contribution >= 4 is 37.8 Å². The highest BCUT2D eigenvalue weighted by atomic mass is 79.9. The van der Waals surface area contributed by atoms with E-state index in [9.17, 15) is 4.79 Å². The second kappa shape index (κ2) is 8.76. The zero-order valence-corrected chi connectivity index (χ0v) is 15.7. The molecule has 6 heteroatoms. The van der Waals surface area contributed by atoms with Crippen LogP contribution in [0.3, 0.4) is 0 Å². The van der Waals surface area contributed by atoms with Crippen LogP contribution in [0.4, 0.5) is 0 Å². The monoisotopic (exact) mass is 421 g/mol. The van der Waals surface area contributed by atoms with Crippen LogP contribution in [0.2, 0.25) is 0 Å². The van der Waals surface area contributed by atoms with E-state index in [4.69, 9.17) is 15.2 Å². The number of halogens is 2. The van der Waals surface area contributed by atoms with Gasteiger partial charge in [0.05, 0.1) is 15.6 Å². The van der Waals surface area contributed by atoms with Gasteiger partial charge in [-0.15, -0.1) is 0 Å². The Kier molecular flexibility index (Phi) is 7.70. The van der Waals surface area contributed by atoms with Crippen LogP contribution in [0.15, 0.2) is 21.1 Å². The molecule has 0 amide bonds. The lowest BCUT2D eigenvalue weighted by Crippen LogP contribution is -2.29. The van der Waals surface area contributed by atoms with Crippen LogP contribution in [0, 0.1) is 0 Å². The minimum absolute atomic E-state index is 0.0819. The highest BCUT2D eigenvalue weighted by molar-refractivity contribution is 9.11. The molecular formula is C15H21Br2NO3. The molecule has 1 rings (SSSR count). The highest BCUT2D eigenvalue weighted by Gasteiger charge is 2.22. The first-order valence-corrected chi connectivity index (χ1v) is 8.54. The largest absolute Gasteiger partial charge is 0.476 e. The van der Waals surface area contributed by atoms with Crippen molar-refractivity contribution in [3.63, 3.8) is 0 Å². The van der Waals surface area contributed by atoms with Crippen LogP contribution < -0.4 is 10.5 Å². The molecule has 0 aliphatic rings. The van der Waals surface area contributed by atoms with E-state index in [1.807, 2.05) is 26.0 Å². The Labute approximate surface area is 142 Å². The van der Waals surface area contributed by atoms with Gasteiger partial charge in [-0.25, -0.2) is 4.79 Å². The van der Waals surface area contributed by atoms with Gasteiger partial charge in [-0.2, -0.15) is 0 Å². The molecule has 0 bridgehead atoms. The van der Waals surface area contributed by atoms with E-state index in [2.05, 4.69) is 31.9 Å². The number of hydrogen-bond acceptors (Lipinski definition) is 4. The summed E-state index contributed by atoms with van der Waals surface area (Å²) in [5, 5.41) is 0. The van der Waals surface area contributed by atoms with Crippen molar-refractivity contribution < 1.29 is 14.3 Å². The second-order valence-electron chi connectivity index (χ2n) is 4.84. The van der Waals surface area contributed by atoms with Gasteiger partial charge in [-0.1, -0.05) is 6.92 Å². The molecule has 2 N–H and O–H groups in total. The van der Waals surface area contributed by atoms with E-state index in [-0.39, 0.29) is 12.0 Å². The second-order valence-corrected chi connectivity index (χ2v) is 6.55. The van der Waals surface area contributed by atoms with Crippen LogP contribution in [-0.2, 0) is 16.0 Å². The van der Waals surface area contributed by atoms with Crippen LogP contribution >= 0.6 is 31.9 Å². The van der Waals surface area contributed by atoms with E-state index in [0.717, 1.165) is 20.9 Å². The summed E-state index contributed by atoms with van der Waals surface area (Å²) >= 11 is 6.97. The van der Waals surface area contributed by atoms with Crippen molar-refractivity contribution in [2.24, 2.45) is 5.73 Å². The first-order valence-electron chi connectivity index (χ1n) is 6.95. The summed E-state index contributed by atoms with van der Waals surface area (Å²) in [5.74, 6) is 0.252. The molecule has 0 aromatic heterocycles. The Balaban J connectivity index is 2.94. The van der Waals surface area contributed by atoms with Crippen molar-refractivity contribution in [3.05, 3.63) is 26.6 Å². The Bertz CT molecular complexity index is 469. The molecule has 0 fully saturated rings. The molecule has 0 saturated carbocycles.